The van der Waals surface area contributed by atoms with Gasteiger partial charge >= 0.3 is 0 Å². The van der Waals surface area contributed by atoms with Crippen LogP contribution in [0.5, 0.6) is 0 Å². The van der Waals surface area contributed by atoms with Gasteiger partial charge < -0.3 is 14.6 Å². The van der Waals surface area contributed by atoms with Crippen molar-refractivity contribution in [3.63, 3.8) is 0 Å². The first kappa shape index (κ1) is 16.8. The van der Waals surface area contributed by atoms with E-state index in [0.717, 1.165) is 30.4 Å². The van der Waals surface area contributed by atoms with E-state index in [0.29, 0.717) is 17.8 Å². The van der Waals surface area contributed by atoms with Gasteiger partial charge in [0.1, 0.15) is 6.10 Å². The van der Waals surface area contributed by atoms with Crippen molar-refractivity contribution in [2.75, 3.05) is 25.2 Å². The number of thioether (sulfide) groups is 1. The SMILES string of the molecule is CCCNC1CSCC1c1nc(C(OC)C(C)(C)C)no1. The molecule has 1 aliphatic rings. The normalized spacial score (nSPS) is 24.4. The summed E-state index contributed by atoms with van der Waals surface area (Å²) in [4.78, 5) is 4.63. The number of methoxy groups -OCH3 is 1. The van der Waals surface area contributed by atoms with Crippen LogP contribution in [0.15, 0.2) is 4.52 Å². The lowest BCUT2D eigenvalue weighted by Crippen LogP contribution is -2.34. The Labute approximate surface area is 131 Å². The summed E-state index contributed by atoms with van der Waals surface area (Å²) in [6.45, 7) is 9.57. The minimum atomic E-state index is -0.147. The number of hydrogen-bond acceptors (Lipinski definition) is 6. The standard InChI is InChI=1S/C15H27N3O2S/c1-6-7-16-11-9-21-8-10(11)14-17-13(18-20-14)12(19-5)15(2,3)4/h10-12,16H,6-9H2,1-5H3. The zero-order valence-electron chi connectivity index (χ0n) is 13.7. The van der Waals surface area contributed by atoms with Crippen LogP contribution in [0.3, 0.4) is 0 Å². The van der Waals surface area contributed by atoms with Gasteiger partial charge in [0.2, 0.25) is 11.7 Å². The molecule has 1 fully saturated rings. The Morgan fingerprint density at radius 2 is 2.19 bits per heavy atom. The van der Waals surface area contributed by atoms with Crippen molar-refractivity contribution in [1.82, 2.24) is 15.5 Å². The van der Waals surface area contributed by atoms with Crippen molar-refractivity contribution in [2.45, 2.75) is 52.2 Å². The maximum absolute atomic E-state index is 5.56. The molecule has 1 aliphatic heterocycles. The van der Waals surface area contributed by atoms with Gasteiger partial charge in [0.25, 0.3) is 0 Å². The highest BCUT2D eigenvalue weighted by Crippen LogP contribution is 2.36. The fourth-order valence-corrected chi connectivity index (χ4v) is 4.05. The molecule has 21 heavy (non-hydrogen) atoms. The molecule has 3 unspecified atom stereocenters. The van der Waals surface area contributed by atoms with Crippen LogP contribution in [0.4, 0.5) is 0 Å². The summed E-state index contributed by atoms with van der Waals surface area (Å²) in [5.74, 6) is 3.85. The fraction of sp³-hybridized carbons (Fsp3) is 0.867. The Balaban J connectivity index is 2.11. The van der Waals surface area contributed by atoms with Gasteiger partial charge in [-0.3, -0.25) is 0 Å². The van der Waals surface area contributed by atoms with E-state index < -0.39 is 0 Å². The monoisotopic (exact) mass is 313 g/mol. The van der Waals surface area contributed by atoms with Crippen LogP contribution >= 0.6 is 11.8 Å². The van der Waals surface area contributed by atoms with Crippen LogP contribution in [0, 0.1) is 5.41 Å². The predicted octanol–water partition coefficient (Wildman–Crippen LogP) is 3.00. The Bertz CT molecular complexity index is 444. The molecule has 0 amide bonds. The summed E-state index contributed by atoms with van der Waals surface area (Å²) in [6.07, 6.45) is 0.991. The van der Waals surface area contributed by atoms with Crippen LogP contribution in [-0.2, 0) is 4.74 Å². The van der Waals surface area contributed by atoms with Crippen molar-refractivity contribution in [1.29, 1.82) is 0 Å². The molecule has 0 saturated carbocycles. The highest BCUT2D eigenvalue weighted by atomic mass is 32.2. The number of nitrogens with one attached hydrogen (secondary N) is 1. The largest absolute Gasteiger partial charge is 0.373 e. The summed E-state index contributed by atoms with van der Waals surface area (Å²) in [5.41, 5.74) is -0.0554. The molecule has 1 N–H and O–H groups in total. The maximum Gasteiger partial charge on any atom is 0.232 e. The van der Waals surface area contributed by atoms with Crippen LogP contribution in [0.1, 0.15) is 57.9 Å². The van der Waals surface area contributed by atoms with E-state index in [2.05, 4.69) is 43.2 Å². The molecule has 3 atom stereocenters. The fourth-order valence-electron chi connectivity index (χ4n) is 2.68. The first-order valence-electron chi connectivity index (χ1n) is 7.64. The lowest BCUT2D eigenvalue weighted by molar-refractivity contribution is 0.00718. The number of hydrogen-bond donors (Lipinski definition) is 1. The molecule has 1 aromatic rings. The van der Waals surface area contributed by atoms with Gasteiger partial charge in [-0.15, -0.1) is 0 Å². The van der Waals surface area contributed by atoms with Gasteiger partial charge in [-0.2, -0.15) is 16.7 Å². The van der Waals surface area contributed by atoms with E-state index >= 15 is 0 Å². The molecule has 120 valence electrons. The molecule has 0 aliphatic carbocycles. The number of nitrogens with zero attached hydrogens (tertiary/aromatic N) is 2. The molecule has 0 radical (unpaired) electrons. The van der Waals surface area contributed by atoms with E-state index in [1.165, 1.54) is 0 Å². The molecule has 0 aromatic carbocycles. The molecule has 2 heterocycles. The molecular formula is C15H27N3O2S. The molecule has 1 saturated heterocycles. The van der Waals surface area contributed by atoms with Gasteiger partial charge in [0.15, 0.2) is 0 Å². The van der Waals surface area contributed by atoms with E-state index in [-0.39, 0.29) is 11.5 Å². The number of rotatable bonds is 6. The highest BCUT2D eigenvalue weighted by molar-refractivity contribution is 7.99. The molecule has 0 spiro atoms. The Hall–Kier alpha value is -0.590. The Morgan fingerprint density at radius 3 is 2.81 bits per heavy atom. The van der Waals surface area contributed by atoms with Gasteiger partial charge in [-0.1, -0.05) is 32.9 Å². The summed E-state index contributed by atoms with van der Waals surface area (Å²) in [7, 11) is 1.70. The molecule has 0 bridgehead atoms. The molecule has 6 heteroatoms. The number of aromatic nitrogens is 2. The van der Waals surface area contributed by atoms with Gasteiger partial charge in [0, 0.05) is 24.7 Å². The minimum Gasteiger partial charge on any atom is -0.373 e. The lowest BCUT2D eigenvalue weighted by atomic mass is 9.88. The maximum atomic E-state index is 5.56. The van der Waals surface area contributed by atoms with Gasteiger partial charge in [0.05, 0.1) is 5.92 Å². The first-order chi connectivity index (χ1) is 9.97. The summed E-state index contributed by atoms with van der Waals surface area (Å²) < 4.78 is 11.1. The second kappa shape index (κ2) is 7.11. The van der Waals surface area contributed by atoms with Crippen LogP contribution in [-0.4, -0.2) is 41.3 Å². The molecule has 1 aromatic heterocycles. The van der Waals surface area contributed by atoms with Crippen molar-refractivity contribution in [3.05, 3.63) is 11.7 Å². The smallest absolute Gasteiger partial charge is 0.232 e. The van der Waals surface area contributed by atoms with E-state index in [9.17, 15) is 0 Å². The summed E-state index contributed by atoms with van der Waals surface area (Å²) in [5, 5.41) is 7.75. The minimum absolute atomic E-state index is 0.0554. The summed E-state index contributed by atoms with van der Waals surface area (Å²) in [6, 6.07) is 0.430. The van der Waals surface area contributed by atoms with E-state index in [1.807, 2.05) is 11.8 Å². The third-order valence-corrected chi connectivity index (χ3v) is 4.96. The zero-order valence-corrected chi connectivity index (χ0v) is 14.5. The molecular weight excluding hydrogens is 286 g/mol. The van der Waals surface area contributed by atoms with Crippen LogP contribution in [0.25, 0.3) is 0 Å². The Morgan fingerprint density at radius 1 is 1.43 bits per heavy atom. The summed E-state index contributed by atoms with van der Waals surface area (Å²) >= 11 is 1.94. The second-order valence-corrected chi connectivity index (χ2v) is 7.75. The average molecular weight is 313 g/mol. The molecule has 5 nitrogen and oxygen atoms in total. The van der Waals surface area contributed by atoms with E-state index in [4.69, 9.17) is 9.26 Å². The van der Waals surface area contributed by atoms with Crippen molar-refractivity contribution >= 4 is 11.8 Å². The third-order valence-electron chi connectivity index (χ3n) is 3.77. The van der Waals surface area contributed by atoms with Gasteiger partial charge in [-0.05, 0) is 18.4 Å². The van der Waals surface area contributed by atoms with Gasteiger partial charge in [-0.25, -0.2) is 0 Å². The Kier molecular flexibility index (Phi) is 5.68. The van der Waals surface area contributed by atoms with Crippen LogP contribution in [0.2, 0.25) is 0 Å². The predicted molar refractivity (Wildman–Crippen MR) is 85.7 cm³/mol. The van der Waals surface area contributed by atoms with Crippen molar-refractivity contribution in [3.8, 4) is 0 Å². The third kappa shape index (κ3) is 3.99. The number of ether oxygens (including phenoxy) is 1. The van der Waals surface area contributed by atoms with Crippen molar-refractivity contribution in [2.24, 2.45) is 5.41 Å². The highest BCUT2D eigenvalue weighted by Gasteiger charge is 2.36. The van der Waals surface area contributed by atoms with Crippen molar-refractivity contribution < 1.29 is 9.26 Å². The quantitative estimate of drug-likeness (QED) is 0.871. The second-order valence-electron chi connectivity index (χ2n) is 6.68. The van der Waals surface area contributed by atoms with E-state index in [1.54, 1.807) is 7.11 Å². The zero-order chi connectivity index (χ0) is 15.5. The average Bonchev–Trinajstić information content (AvgIpc) is 3.03. The molecule has 2 rings (SSSR count). The topological polar surface area (TPSA) is 60.2 Å². The lowest BCUT2D eigenvalue weighted by Gasteiger charge is -2.26. The first-order valence-corrected chi connectivity index (χ1v) is 8.80. The van der Waals surface area contributed by atoms with Crippen LogP contribution < -0.4 is 5.32 Å².